The lowest BCUT2D eigenvalue weighted by molar-refractivity contribution is 0.0580. The van der Waals surface area contributed by atoms with Crippen molar-refractivity contribution in [3.63, 3.8) is 0 Å². The number of ether oxygens (including phenoxy) is 4. The Balaban J connectivity index is 1.44. The van der Waals surface area contributed by atoms with Gasteiger partial charge in [0.2, 0.25) is 0 Å². The highest BCUT2D eigenvalue weighted by molar-refractivity contribution is 6.04. The summed E-state index contributed by atoms with van der Waals surface area (Å²) in [4.78, 5) is 22.6. The molecule has 8 nitrogen and oxygen atoms in total. The summed E-state index contributed by atoms with van der Waals surface area (Å²) in [5.41, 5.74) is 2.19. The fourth-order valence-electron chi connectivity index (χ4n) is 4.62. The van der Waals surface area contributed by atoms with E-state index in [-0.39, 0.29) is 11.9 Å². The van der Waals surface area contributed by atoms with Gasteiger partial charge in [-0.2, -0.15) is 0 Å². The number of aliphatic imine (C=N–C) groups is 1. The summed E-state index contributed by atoms with van der Waals surface area (Å²) in [7, 11) is 4.79. The van der Waals surface area contributed by atoms with Gasteiger partial charge in [-0.3, -0.25) is 4.79 Å². The Hall–Kier alpha value is -4.20. The Morgan fingerprint density at radius 3 is 2.31 bits per heavy atom. The quantitative estimate of drug-likeness (QED) is 0.529. The number of fused-ring (bicyclic) bond motifs is 2. The van der Waals surface area contributed by atoms with Gasteiger partial charge in [-0.05, 0) is 43.3 Å². The first kappa shape index (κ1) is 23.5. The van der Waals surface area contributed by atoms with Crippen molar-refractivity contribution in [2.24, 2.45) is 4.99 Å². The minimum atomic E-state index is -0.0547. The molecule has 0 bridgehead atoms. The molecule has 36 heavy (non-hydrogen) atoms. The molecule has 2 aliphatic rings. The highest BCUT2D eigenvalue weighted by Gasteiger charge is 2.32. The second-order valence-corrected chi connectivity index (χ2v) is 8.76. The molecular weight excluding hydrogens is 458 g/mol. The van der Waals surface area contributed by atoms with Gasteiger partial charge >= 0.3 is 0 Å². The third-order valence-electron chi connectivity index (χ3n) is 6.53. The number of methoxy groups -OCH3 is 3. The Bertz CT molecular complexity index is 1300. The number of carbonyl (C=O) groups is 1. The monoisotopic (exact) mass is 487 g/mol. The predicted molar refractivity (Wildman–Crippen MR) is 137 cm³/mol. The van der Waals surface area contributed by atoms with E-state index in [0.717, 1.165) is 17.1 Å². The number of piperazine rings is 1. The van der Waals surface area contributed by atoms with Crippen LogP contribution in [0.3, 0.4) is 0 Å². The molecule has 0 saturated carbocycles. The standard InChI is InChI=1S/C28H29N3O5/c1-18-17-30(11-12-31(18)28(32)19-13-21(34-3)15-22(14-19)35-4)27-23-10-9-20(33-2)16-26(23)36-25-8-6-5-7-24(25)29-27/h5-10,13-16,18H,11-12,17H2,1-4H3. The molecule has 1 unspecified atom stereocenters. The normalized spacial score (nSPS) is 16.7. The van der Waals surface area contributed by atoms with E-state index in [0.29, 0.717) is 53.9 Å². The number of amidine groups is 1. The summed E-state index contributed by atoms with van der Waals surface area (Å²) in [5, 5.41) is 0. The first-order chi connectivity index (χ1) is 17.5. The van der Waals surface area contributed by atoms with E-state index in [1.165, 1.54) is 0 Å². The van der Waals surface area contributed by atoms with Crippen LogP contribution in [0.5, 0.6) is 28.7 Å². The van der Waals surface area contributed by atoms with E-state index >= 15 is 0 Å². The van der Waals surface area contributed by atoms with E-state index in [1.54, 1.807) is 39.5 Å². The molecular formula is C28H29N3O5. The van der Waals surface area contributed by atoms with Gasteiger partial charge in [-0.15, -0.1) is 0 Å². The lowest BCUT2D eigenvalue weighted by atomic mass is 10.1. The van der Waals surface area contributed by atoms with E-state index in [2.05, 4.69) is 11.8 Å². The van der Waals surface area contributed by atoms with Gasteiger partial charge in [0.05, 0.1) is 26.9 Å². The van der Waals surface area contributed by atoms with Gasteiger partial charge in [0.25, 0.3) is 5.91 Å². The van der Waals surface area contributed by atoms with E-state index < -0.39 is 0 Å². The SMILES string of the molecule is COc1cc(OC)cc(C(=O)N2CCN(C3=Nc4ccccc4Oc4cc(OC)ccc43)CC2C)c1. The van der Waals surface area contributed by atoms with Crippen molar-refractivity contribution in [3.8, 4) is 28.7 Å². The molecule has 2 aliphatic heterocycles. The van der Waals surface area contributed by atoms with Crippen LogP contribution in [0.1, 0.15) is 22.8 Å². The maximum atomic E-state index is 13.4. The molecule has 2 heterocycles. The molecule has 3 aromatic carbocycles. The number of hydrogen-bond donors (Lipinski definition) is 0. The van der Waals surface area contributed by atoms with Crippen LogP contribution < -0.4 is 18.9 Å². The van der Waals surface area contributed by atoms with Crippen LogP contribution in [0.15, 0.2) is 65.7 Å². The Labute approximate surface area is 210 Å². The lowest BCUT2D eigenvalue weighted by Gasteiger charge is -2.41. The highest BCUT2D eigenvalue weighted by Crippen LogP contribution is 2.39. The van der Waals surface area contributed by atoms with Crippen molar-refractivity contribution < 1.29 is 23.7 Å². The fraction of sp³-hybridized carbons (Fsp3) is 0.286. The molecule has 0 aliphatic carbocycles. The third kappa shape index (κ3) is 4.42. The summed E-state index contributed by atoms with van der Waals surface area (Å²) < 4.78 is 22.4. The zero-order chi connectivity index (χ0) is 25.2. The Kier molecular flexibility index (Phi) is 6.41. The van der Waals surface area contributed by atoms with Crippen LogP contribution in [0.4, 0.5) is 5.69 Å². The summed E-state index contributed by atoms with van der Waals surface area (Å²) in [5.74, 6) is 4.03. The minimum Gasteiger partial charge on any atom is -0.497 e. The molecule has 1 fully saturated rings. The molecule has 8 heteroatoms. The molecule has 3 aromatic rings. The zero-order valence-corrected chi connectivity index (χ0v) is 20.9. The van der Waals surface area contributed by atoms with Crippen LogP contribution in [0.25, 0.3) is 0 Å². The maximum absolute atomic E-state index is 13.4. The number of nitrogens with zero attached hydrogens (tertiary/aromatic N) is 3. The molecule has 0 aromatic heterocycles. The van der Waals surface area contributed by atoms with Gasteiger partial charge in [-0.1, -0.05) is 12.1 Å². The average Bonchev–Trinajstić information content (AvgIpc) is 3.08. The fourth-order valence-corrected chi connectivity index (χ4v) is 4.62. The highest BCUT2D eigenvalue weighted by atomic mass is 16.5. The number of rotatable bonds is 4. The predicted octanol–water partition coefficient (Wildman–Crippen LogP) is 4.74. The number of benzene rings is 3. The number of hydrogen-bond acceptors (Lipinski definition) is 7. The Morgan fingerprint density at radius 1 is 0.889 bits per heavy atom. The average molecular weight is 488 g/mol. The molecule has 5 rings (SSSR count). The van der Waals surface area contributed by atoms with Crippen LogP contribution in [0, 0.1) is 0 Å². The first-order valence-corrected chi connectivity index (χ1v) is 11.8. The molecule has 0 N–H and O–H groups in total. The van der Waals surface area contributed by atoms with Crippen LogP contribution in [-0.2, 0) is 0 Å². The van der Waals surface area contributed by atoms with Crippen molar-refractivity contribution >= 4 is 17.4 Å². The van der Waals surface area contributed by atoms with Crippen molar-refractivity contribution in [1.29, 1.82) is 0 Å². The topological polar surface area (TPSA) is 72.8 Å². The van der Waals surface area contributed by atoms with Gasteiger partial charge < -0.3 is 28.7 Å². The van der Waals surface area contributed by atoms with Crippen LogP contribution in [0.2, 0.25) is 0 Å². The lowest BCUT2D eigenvalue weighted by Crippen LogP contribution is -2.55. The molecule has 1 atom stereocenters. The van der Waals surface area contributed by atoms with E-state index in [9.17, 15) is 4.79 Å². The third-order valence-corrected chi connectivity index (χ3v) is 6.53. The maximum Gasteiger partial charge on any atom is 0.254 e. The van der Waals surface area contributed by atoms with Crippen molar-refractivity contribution in [3.05, 3.63) is 71.8 Å². The van der Waals surface area contributed by atoms with Gasteiger partial charge in [0, 0.05) is 43.4 Å². The smallest absolute Gasteiger partial charge is 0.254 e. The number of para-hydroxylation sites is 2. The summed E-state index contributed by atoms with van der Waals surface area (Å²) in [6, 6.07) is 18.7. The number of carbonyl (C=O) groups excluding carboxylic acids is 1. The second kappa shape index (κ2) is 9.81. The molecule has 186 valence electrons. The molecule has 0 spiro atoms. The van der Waals surface area contributed by atoms with Gasteiger partial charge in [-0.25, -0.2) is 4.99 Å². The van der Waals surface area contributed by atoms with Crippen molar-refractivity contribution in [1.82, 2.24) is 9.80 Å². The second-order valence-electron chi connectivity index (χ2n) is 8.76. The Morgan fingerprint density at radius 2 is 1.61 bits per heavy atom. The summed E-state index contributed by atoms with van der Waals surface area (Å²) >= 11 is 0. The van der Waals surface area contributed by atoms with E-state index in [1.807, 2.05) is 47.4 Å². The van der Waals surface area contributed by atoms with Crippen molar-refractivity contribution in [2.45, 2.75) is 13.0 Å². The molecule has 1 saturated heterocycles. The minimum absolute atomic E-state index is 0.0488. The molecule has 0 radical (unpaired) electrons. The number of amides is 1. The first-order valence-electron chi connectivity index (χ1n) is 11.8. The largest absolute Gasteiger partial charge is 0.497 e. The summed E-state index contributed by atoms with van der Waals surface area (Å²) in [6.07, 6.45) is 0. The van der Waals surface area contributed by atoms with E-state index in [4.69, 9.17) is 23.9 Å². The van der Waals surface area contributed by atoms with Gasteiger partial charge in [0.15, 0.2) is 5.75 Å². The van der Waals surface area contributed by atoms with Crippen LogP contribution >= 0.6 is 0 Å². The van der Waals surface area contributed by atoms with Crippen LogP contribution in [-0.4, -0.2) is 68.5 Å². The van der Waals surface area contributed by atoms with Crippen molar-refractivity contribution in [2.75, 3.05) is 41.0 Å². The summed E-state index contributed by atoms with van der Waals surface area (Å²) in [6.45, 7) is 3.85. The zero-order valence-electron chi connectivity index (χ0n) is 20.9. The van der Waals surface area contributed by atoms with Gasteiger partial charge in [0.1, 0.15) is 34.5 Å². The molecule has 1 amide bonds.